The van der Waals surface area contributed by atoms with Crippen molar-refractivity contribution in [1.82, 2.24) is 15.1 Å². The van der Waals surface area contributed by atoms with E-state index in [9.17, 15) is 14.4 Å². The highest BCUT2D eigenvalue weighted by molar-refractivity contribution is 5.99. The molecule has 3 fully saturated rings. The number of methoxy groups -OCH3 is 1. The Morgan fingerprint density at radius 2 is 1.86 bits per heavy atom. The molecule has 8 heteroatoms. The largest absolute Gasteiger partial charge is 0.383 e. The number of piperidine rings is 1. The highest BCUT2D eigenvalue weighted by Crippen LogP contribution is 2.30. The molecule has 2 amide bonds. The SMILES string of the molecule is CC[C@H](C)C(NC(=O)c1ccc(C2CCN(CCOC)CC2)cc1)C(=O)N1CC[C@H]2OCC(=O)[C@H]21. The van der Waals surface area contributed by atoms with Crippen molar-refractivity contribution in [2.45, 2.75) is 63.6 Å². The van der Waals surface area contributed by atoms with Crippen molar-refractivity contribution in [3.05, 3.63) is 35.4 Å². The van der Waals surface area contributed by atoms with E-state index in [-0.39, 0.29) is 36.2 Å². The topological polar surface area (TPSA) is 88.2 Å². The number of carbonyl (C=O) groups is 3. The molecule has 35 heavy (non-hydrogen) atoms. The van der Waals surface area contributed by atoms with Crippen LogP contribution in [0.25, 0.3) is 0 Å². The van der Waals surface area contributed by atoms with Crippen LogP contribution in [-0.2, 0) is 19.1 Å². The summed E-state index contributed by atoms with van der Waals surface area (Å²) in [7, 11) is 1.73. The van der Waals surface area contributed by atoms with Gasteiger partial charge in [0.05, 0.1) is 12.7 Å². The summed E-state index contributed by atoms with van der Waals surface area (Å²) in [5, 5.41) is 2.98. The van der Waals surface area contributed by atoms with Crippen LogP contribution in [0.2, 0.25) is 0 Å². The minimum Gasteiger partial charge on any atom is -0.383 e. The van der Waals surface area contributed by atoms with Gasteiger partial charge in [0.15, 0.2) is 5.78 Å². The number of ketones is 1. The fourth-order valence-electron chi connectivity index (χ4n) is 5.54. The second kappa shape index (κ2) is 11.6. The first kappa shape index (κ1) is 25.8. The predicted molar refractivity (Wildman–Crippen MR) is 132 cm³/mol. The van der Waals surface area contributed by atoms with E-state index in [2.05, 4.69) is 10.2 Å². The second-order valence-corrected chi connectivity index (χ2v) is 10.1. The van der Waals surface area contributed by atoms with Gasteiger partial charge in [0, 0.05) is 25.8 Å². The maximum Gasteiger partial charge on any atom is 0.251 e. The lowest BCUT2D eigenvalue weighted by Gasteiger charge is -2.32. The Morgan fingerprint density at radius 1 is 1.14 bits per heavy atom. The molecule has 3 saturated heterocycles. The molecule has 3 aliphatic heterocycles. The Morgan fingerprint density at radius 3 is 2.51 bits per heavy atom. The molecule has 1 aromatic rings. The number of benzene rings is 1. The number of ether oxygens (including phenoxy) is 2. The molecule has 1 unspecified atom stereocenters. The lowest BCUT2D eigenvalue weighted by atomic mass is 9.89. The highest BCUT2D eigenvalue weighted by atomic mass is 16.5. The third kappa shape index (κ3) is 5.76. The molecule has 0 bridgehead atoms. The Labute approximate surface area is 208 Å². The molecule has 0 spiro atoms. The van der Waals surface area contributed by atoms with Gasteiger partial charge in [-0.3, -0.25) is 14.4 Å². The quantitative estimate of drug-likeness (QED) is 0.577. The van der Waals surface area contributed by atoms with Gasteiger partial charge in [-0.05, 0) is 61.9 Å². The van der Waals surface area contributed by atoms with E-state index in [0.717, 1.165) is 45.5 Å². The number of nitrogens with one attached hydrogen (secondary N) is 1. The maximum absolute atomic E-state index is 13.4. The van der Waals surface area contributed by atoms with E-state index < -0.39 is 12.1 Å². The Hall–Kier alpha value is -2.29. The van der Waals surface area contributed by atoms with Crippen LogP contribution in [0, 0.1) is 5.92 Å². The van der Waals surface area contributed by atoms with Crippen molar-refractivity contribution in [3.8, 4) is 0 Å². The molecule has 4 rings (SSSR count). The molecule has 3 aliphatic rings. The van der Waals surface area contributed by atoms with Gasteiger partial charge in [-0.25, -0.2) is 0 Å². The molecular weight excluding hydrogens is 446 g/mol. The number of rotatable bonds is 9. The van der Waals surface area contributed by atoms with Crippen molar-refractivity contribution in [2.24, 2.45) is 5.92 Å². The zero-order chi connectivity index (χ0) is 24.9. The normalized spacial score (nSPS) is 24.9. The van der Waals surface area contributed by atoms with Crippen molar-refractivity contribution < 1.29 is 23.9 Å². The summed E-state index contributed by atoms with van der Waals surface area (Å²) < 4.78 is 10.7. The van der Waals surface area contributed by atoms with Crippen LogP contribution in [0.3, 0.4) is 0 Å². The molecule has 1 aromatic carbocycles. The number of likely N-dealkylation sites (tertiary alicyclic amines) is 2. The molecule has 8 nitrogen and oxygen atoms in total. The van der Waals surface area contributed by atoms with Crippen molar-refractivity contribution in [3.63, 3.8) is 0 Å². The molecule has 3 heterocycles. The van der Waals surface area contributed by atoms with Gasteiger partial charge in [0.1, 0.15) is 18.7 Å². The van der Waals surface area contributed by atoms with Crippen LogP contribution in [-0.4, -0.2) is 92.1 Å². The van der Waals surface area contributed by atoms with Crippen molar-refractivity contribution >= 4 is 17.6 Å². The number of amides is 2. The first-order valence-electron chi connectivity index (χ1n) is 13.0. The van der Waals surface area contributed by atoms with E-state index in [4.69, 9.17) is 9.47 Å². The van der Waals surface area contributed by atoms with E-state index in [0.29, 0.717) is 24.4 Å². The summed E-state index contributed by atoms with van der Waals surface area (Å²) in [5.74, 6) is -0.0412. The third-order valence-corrected chi connectivity index (χ3v) is 8.00. The summed E-state index contributed by atoms with van der Waals surface area (Å²) in [6.45, 7) is 8.37. The lowest BCUT2D eigenvalue weighted by Crippen LogP contribution is -2.54. The number of carbonyl (C=O) groups excluding carboxylic acids is 3. The number of hydrogen-bond donors (Lipinski definition) is 1. The predicted octanol–water partition coefficient (Wildman–Crippen LogP) is 2.23. The van der Waals surface area contributed by atoms with Crippen LogP contribution in [0.1, 0.15) is 61.4 Å². The van der Waals surface area contributed by atoms with Crippen LogP contribution < -0.4 is 5.32 Å². The van der Waals surface area contributed by atoms with Crippen LogP contribution >= 0.6 is 0 Å². The average Bonchev–Trinajstić information content (AvgIpc) is 3.48. The van der Waals surface area contributed by atoms with Gasteiger partial charge in [-0.2, -0.15) is 0 Å². The maximum atomic E-state index is 13.4. The van der Waals surface area contributed by atoms with Gasteiger partial charge in [-0.1, -0.05) is 32.4 Å². The zero-order valence-corrected chi connectivity index (χ0v) is 21.2. The van der Waals surface area contributed by atoms with Crippen LogP contribution in [0.5, 0.6) is 0 Å². The van der Waals surface area contributed by atoms with E-state index in [1.54, 1.807) is 12.0 Å². The standard InChI is InChI=1S/C27H39N3O5/c1-4-18(2)24(27(33)30-14-11-23-25(30)22(31)17-35-23)28-26(32)21-7-5-19(6-8-21)20-9-12-29(13-10-20)15-16-34-3/h5-8,18,20,23-25H,4,9-17H2,1-3H3,(H,28,32)/t18-,23+,24?,25+/m0/s1. The minimum absolute atomic E-state index is 0.0461. The highest BCUT2D eigenvalue weighted by Gasteiger charge is 2.48. The minimum atomic E-state index is -0.671. The molecule has 0 aromatic heterocycles. The molecule has 192 valence electrons. The molecule has 0 aliphatic carbocycles. The fraction of sp³-hybridized carbons (Fsp3) is 0.667. The Bertz CT molecular complexity index is 897. The van der Waals surface area contributed by atoms with Crippen LogP contribution in [0.4, 0.5) is 0 Å². The summed E-state index contributed by atoms with van der Waals surface area (Å²) in [5.41, 5.74) is 1.80. The zero-order valence-electron chi connectivity index (χ0n) is 21.2. The average molecular weight is 486 g/mol. The van der Waals surface area contributed by atoms with Gasteiger partial charge < -0.3 is 24.6 Å². The molecule has 0 radical (unpaired) electrons. The monoisotopic (exact) mass is 485 g/mol. The fourth-order valence-corrected chi connectivity index (χ4v) is 5.54. The summed E-state index contributed by atoms with van der Waals surface area (Å²) in [6.07, 6.45) is 3.39. The van der Waals surface area contributed by atoms with E-state index >= 15 is 0 Å². The first-order valence-corrected chi connectivity index (χ1v) is 13.0. The van der Waals surface area contributed by atoms with Gasteiger partial charge in [-0.15, -0.1) is 0 Å². The summed E-state index contributed by atoms with van der Waals surface area (Å²) in [6, 6.07) is 6.64. The number of hydrogen-bond acceptors (Lipinski definition) is 6. The van der Waals surface area contributed by atoms with Gasteiger partial charge in [0.2, 0.25) is 5.91 Å². The molecule has 4 atom stereocenters. The van der Waals surface area contributed by atoms with E-state index in [1.165, 1.54) is 5.56 Å². The number of nitrogens with zero attached hydrogens (tertiary/aromatic N) is 2. The first-order chi connectivity index (χ1) is 16.9. The summed E-state index contributed by atoms with van der Waals surface area (Å²) in [4.78, 5) is 42.9. The van der Waals surface area contributed by atoms with Gasteiger partial charge >= 0.3 is 0 Å². The van der Waals surface area contributed by atoms with Crippen molar-refractivity contribution in [2.75, 3.05) is 46.5 Å². The Kier molecular flexibility index (Phi) is 8.57. The number of Topliss-reactive ketones (excluding diaryl/α,β-unsaturated/α-hetero) is 1. The molecule has 1 N–H and O–H groups in total. The Balaban J connectivity index is 1.38. The second-order valence-electron chi connectivity index (χ2n) is 10.1. The van der Waals surface area contributed by atoms with Crippen molar-refractivity contribution in [1.29, 1.82) is 0 Å². The summed E-state index contributed by atoms with van der Waals surface area (Å²) >= 11 is 0. The molecule has 0 saturated carbocycles. The molecular formula is C27H39N3O5. The number of fused-ring (bicyclic) bond motifs is 1. The third-order valence-electron chi connectivity index (χ3n) is 8.00. The van der Waals surface area contributed by atoms with Crippen LogP contribution in [0.15, 0.2) is 24.3 Å². The smallest absolute Gasteiger partial charge is 0.251 e. The lowest BCUT2D eigenvalue weighted by molar-refractivity contribution is -0.139. The van der Waals surface area contributed by atoms with Gasteiger partial charge in [0.25, 0.3) is 5.91 Å². The van der Waals surface area contributed by atoms with E-state index in [1.807, 2.05) is 38.1 Å².